The second kappa shape index (κ2) is 10.4. The van der Waals surface area contributed by atoms with E-state index in [0.29, 0.717) is 17.3 Å². The molecule has 1 aliphatic rings. The molecular weight excluding hydrogens is 346 g/mol. The number of carbonyl (C=O) groups excluding carboxylic acids is 1. The molecule has 0 bridgehead atoms. The number of ether oxygens (including phenoxy) is 2. The summed E-state index contributed by atoms with van der Waals surface area (Å²) in [5.41, 5.74) is 3.57. The molecule has 1 fully saturated rings. The van der Waals surface area contributed by atoms with Crippen molar-refractivity contribution < 1.29 is 14.3 Å². The highest BCUT2D eigenvalue weighted by molar-refractivity contribution is 6.00. The third-order valence-corrected chi connectivity index (χ3v) is 3.93. The van der Waals surface area contributed by atoms with Crippen molar-refractivity contribution in [3.63, 3.8) is 0 Å². The Morgan fingerprint density at radius 3 is 2.30 bits per heavy atom. The molecule has 0 spiro atoms. The zero-order chi connectivity index (χ0) is 19.6. The number of rotatable bonds is 3. The fourth-order valence-corrected chi connectivity index (χ4v) is 2.30. The maximum Gasteiger partial charge on any atom is 0.324 e. The normalized spacial score (nSPS) is 13.2. The summed E-state index contributed by atoms with van der Waals surface area (Å²) in [6.07, 6.45) is 3.10. The molecule has 0 aliphatic carbocycles. The van der Waals surface area contributed by atoms with Crippen LogP contribution in [0.15, 0.2) is 24.5 Å². The number of hydrogen-bond donors (Lipinski definition) is 3. The number of methoxy groups -OCH3 is 1. The first-order chi connectivity index (χ1) is 13.0. The van der Waals surface area contributed by atoms with Crippen LogP contribution in [0.25, 0.3) is 0 Å². The fraction of sp³-hybridized carbons (Fsp3) is 0.421. The Morgan fingerprint density at radius 1 is 1.07 bits per heavy atom. The molecule has 2 heterocycles. The summed E-state index contributed by atoms with van der Waals surface area (Å²) >= 11 is 0. The van der Waals surface area contributed by atoms with Gasteiger partial charge in [-0.2, -0.15) is 0 Å². The van der Waals surface area contributed by atoms with Crippen LogP contribution >= 0.6 is 0 Å². The van der Waals surface area contributed by atoms with Gasteiger partial charge in [0.15, 0.2) is 5.82 Å². The summed E-state index contributed by atoms with van der Waals surface area (Å²) in [5.74, 6) is 1.00. The van der Waals surface area contributed by atoms with E-state index in [2.05, 4.69) is 25.9 Å². The molecule has 8 nitrogen and oxygen atoms in total. The van der Waals surface area contributed by atoms with Crippen molar-refractivity contribution in [3.05, 3.63) is 41.3 Å². The van der Waals surface area contributed by atoms with Crippen LogP contribution < -0.4 is 20.7 Å². The molecule has 0 radical (unpaired) electrons. The van der Waals surface area contributed by atoms with Crippen LogP contribution in [0.4, 0.5) is 16.3 Å². The van der Waals surface area contributed by atoms with Crippen molar-refractivity contribution in [2.75, 3.05) is 44.0 Å². The average molecular weight is 373 g/mol. The zero-order valence-electron chi connectivity index (χ0n) is 16.3. The number of amides is 2. The van der Waals surface area contributed by atoms with E-state index in [1.165, 1.54) is 6.20 Å². The molecule has 1 aromatic heterocycles. The molecule has 1 aliphatic heterocycles. The molecule has 0 atom stereocenters. The third-order valence-electron chi connectivity index (χ3n) is 3.93. The second-order valence-corrected chi connectivity index (χ2v) is 6.12. The van der Waals surface area contributed by atoms with Crippen LogP contribution in [0.3, 0.4) is 0 Å². The first kappa shape index (κ1) is 20.6. The number of anilines is 2. The van der Waals surface area contributed by atoms with Crippen LogP contribution in [-0.4, -0.2) is 49.4 Å². The van der Waals surface area contributed by atoms with Crippen molar-refractivity contribution in [3.8, 4) is 5.75 Å². The number of aromatic nitrogens is 2. The Balaban J connectivity index is 0.000000369. The largest absolute Gasteiger partial charge is 0.495 e. The van der Waals surface area contributed by atoms with Crippen LogP contribution in [0.5, 0.6) is 5.75 Å². The number of nitrogens with one attached hydrogen (secondary N) is 3. The lowest BCUT2D eigenvalue weighted by Crippen LogP contribution is -2.30. The van der Waals surface area contributed by atoms with E-state index in [1.54, 1.807) is 13.3 Å². The predicted octanol–water partition coefficient (Wildman–Crippen LogP) is 2.66. The maximum absolute atomic E-state index is 12.0. The Morgan fingerprint density at radius 2 is 1.78 bits per heavy atom. The number of morpholine rings is 1. The summed E-state index contributed by atoms with van der Waals surface area (Å²) < 4.78 is 10.3. The highest BCUT2D eigenvalue weighted by Gasteiger charge is 2.10. The quantitative estimate of drug-likeness (QED) is 0.765. The van der Waals surface area contributed by atoms with Gasteiger partial charge in [0.25, 0.3) is 0 Å². The van der Waals surface area contributed by atoms with E-state index in [9.17, 15) is 4.79 Å². The maximum atomic E-state index is 12.0. The van der Waals surface area contributed by atoms with E-state index in [0.717, 1.165) is 43.1 Å². The van der Waals surface area contributed by atoms with Gasteiger partial charge in [0, 0.05) is 13.1 Å². The van der Waals surface area contributed by atoms with Crippen molar-refractivity contribution in [2.45, 2.75) is 20.8 Å². The van der Waals surface area contributed by atoms with Gasteiger partial charge in [0.05, 0.1) is 44.1 Å². The Labute approximate surface area is 159 Å². The number of carbonyl (C=O) groups is 1. The molecular formula is C19H27N5O3. The van der Waals surface area contributed by atoms with E-state index >= 15 is 0 Å². The number of hydrogen-bond acceptors (Lipinski definition) is 6. The molecule has 3 N–H and O–H groups in total. The highest BCUT2D eigenvalue weighted by atomic mass is 16.5. The molecule has 0 unspecified atom stereocenters. The standard InChI is InChI=1S/C15H18N4O2.C4H9NO/c1-9-5-12(13(21-4)6-10(9)2)18-15(20)19-14-8-16-11(3)7-17-14;1-3-6-4-2-5-1/h5-8H,1-4H3,(H2,17,18,19,20);5H,1-4H2. The highest BCUT2D eigenvalue weighted by Crippen LogP contribution is 2.28. The molecule has 1 saturated heterocycles. The Bertz CT molecular complexity index is 734. The van der Waals surface area contributed by atoms with Crippen LogP contribution in [-0.2, 0) is 4.74 Å². The van der Waals surface area contributed by atoms with Crippen molar-refractivity contribution in [1.82, 2.24) is 15.3 Å². The lowest BCUT2D eigenvalue weighted by molar-refractivity contribution is 0.109. The molecule has 1 aromatic carbocycles. The van der Waals surface area contributed by atoms with Gasteiger partial charge in [-0.15, -0.1) is 0 Å². The van der Waals surface area contributed by atoms with Gasteiger partial charge < -0.3 is 20.1 Å². The topological polar surface area (TPSA) is 97.4 Å². The average Bonchev–Trinajstić information content (AvgIpc) is 2.68. The number of aryl methyl sites for hydroxylation is 3. The first-order valence-electron chi connectivity index (χ1n) is 8.80. The minimum atomic E-state index is -0.394. The summed E-state index contributed by atoms with van der Waals surface area (Å²) in [4.78, 5) is 20.1. The van der Waals surface area contributed by atoms with Gasteiger partial charge in [-0.25, -0.2) is 9.78 Å². The van der Waals surface area contributed by atoms with Crippen LogP contribution in [0, 0.1) is 20.8 Å². The summed E-state index contributed by atoms with van der Waals surface area (Å²) in [5, 5.41) is 8.53. The zero-order valence-corrected chi connectivity index (χ0v) is 16.3. The van der Waals surface area contributed by atoms with E-state index in [-0.39, 0.29) is 0 Å². The summed E-state index contributed by atoms with van der Waals surface area (Å²) in [6.45, 7) is 9.63. The van der Waals surface area contributed by atoms with Gasteiger partial charge in [0.2, 0.25) is 0 Å². The monoisotopic (exact) mass is 373 g/mol. The molecule has 0 saturated carbocycles. The van der Waals surface area contributed by atoms with Crippen LogP contribution in [0.2, 0.25) is 0 Å². The minimum Gasteiger partial charge on any atom is -0.495 e. The first-order valence-corrected chi connectivity index (χ1v) is 8.80. The van der Waals surface area contributed by atoms with Gasteiger partial charge in [-0.3, -0.25) is 10.3 Å². The van der Waals surface area contributed by atoms with Crippen molar-refractivity contribution in [2.24, 2.45) is 0 Å². The molecule has 3 rings (SSSR count). The Hall–Kier alpha value is -2.71. The SMILES string of the molecule is C1COCCN1.COc1cc(C)c(C)cc1NC(=O)Nc1cnc(C)cn1. The van der Waals surface area contributed by atoms with Crippen LogP contribution in [0.1, 0.15) is 16.8 Å². The predicted molar refractivity (Wildman–Crippen MR) is 106 cm³/mol. The third kappa shape index (κ3) is 6.84. The van der Waals surface area contributed by atoms with Gasteiger partial charge in [0.1, 0.15) is 5.75 Å². The summed E-state index contributed by atoms with van der Waals surface area (Å²) in [6, 6.07) is 3.36. The number of urea groups is 1. The minimum absolute atomic E-state index is 0.390. The van der Waals surface area contributed by atoms with Gasteiger partial charge in [-0.05, 0) is 44.0 Å². The molecule has 2 amide bonds. The Kier molecular flexibility index (Phi) is 7.97. The van der Waals surface area contributed by atoms with Gasteiger partial charge in [-0.1, -0.05) is 0 Å². The van der Waals surface area contributed by atoms with Gasteiger partial charge >= 0.3 is 6.03 Å². The molecule has 27 heavy (non-hydrogen) atoms. The lowest BCUT2D eigenvalue weighted by atomic mass is 10.1. The number of benzene rings is 1. The second-order valence-electron chi connectivity index (χ2n) is 6.12. The van der Waals surface area contributed by atoms with E-state index < -0.39 is 6.03 Å². The summed E-state index contributed by atoms with van der Waals surface area (Å²) in [7, 11) is 1.57. The molecule has 2 aromatic rings. The number of nitrogens with zero attached hydrogens (tertiary/aromatic N) is 2. The molecule has 8 heteroatoms. The smallest absolute Gasteiger partial charge is 0.324 e. The van der Waals surface area contributed by atoms with Crippen molar-refractivity contribution in [1.29, 1.82) is 0 Å². The van der Waals surface area contributed by atoms with Crippen molar-refractivity contribution >= 4 is 17.5 Å². The lowest BCUT2D eigenvalue weighted by Gasteiger charge is -2.13. The fourth-order valence-electron chi connectivity index (χ4n) is 2.30. The van der Waals surface area contributed by atoms with E-state index in [1.807, 2.05) is 32.9 Å². The molecule has 146 valence electrons. The van der Waals surface area contributed by atoms with E-state index in [4.69, 9.17) is 9.47 Å².